The first kappa shape index (κ1) is 9.45. The van der Waals surface area contributed by atoms with E-state index in [9.17, 15) is 10.1 Å². The van der Waals surface area contributed by atoms with Crippen molar-refractivity contribution < 1.29 is 9.34 Å². The van der Waals surface area contributed by atoms with Gasteiger partial charge in [-0.05, 0) is 24.6 Å². The molecule has 1 aromatic heterocycles. The summed E-state index contributed by atoms with van der Waals surface area (Å²) in [4.78, 5) is 10.4. The molecule has 2 rings (SSSR count). The van der Waals surface area contributed by atoms with E-state index in [0.717, 1.165) is 5.56 Å². The van der Waals surface area contributed by atoms with Crippen LogP contribution in [0.4, 0.5) is 5.69 Å². The average molecular weight is 203 g/mol. The van der Waals surface area contributed by atoms with Crippen LogP contribution in [0.15, 0.2) is 41.0 Å². The van der Waals surface area contributed by atoms with Gasteiger partial charge in [-0.15, -0.1) is 0 Å². The summed E-state index contributed by atoms with van der Waals surface area (Å²) in [5.41, 5.74) is 1.46. The van der Waals surface area contributed by atoms with Crippen molar-refractivity contribution in [3.05, 3.63) is 52.3 Å². The number of aryl methyl sites for hydroxylation is 1. The fraction of sp³-hybridized carbons (Fsp3) is 0.0909. The zero-order valence-electron chi connectivity index (χ0n) is 8.14. The van der Waals surface area contributed by atoms with Crippen LogP contribution in [0.25, 0.3) is 11.3 Å². The van der Waals surface area contributed by atoms with Crippen molar-refractivity contribution in [2.75, 3.05) is 0 Å². The molecule has 0 saturated heterocycles. The molecule has 4 heteroatoms. The Hall–Kier alpha value is -2.10. The number of furan rings is 1. The van der Waals surface area contributed by atoms with Crippen LogP contribution < -0.4 is 0 Å². The highest BCUT2D eigenvalue weighted by Gasteiger charge is 2.18. The molecule has 1 heterocycles. The highest BCUT2D eigenvalue weighted by atomic mass is 16.6. The van der Waals surface area contributed by atoms with E-state index in [2.05, 4.69) is 0 Å². The second-order valence-electron chi connectivity index (χ2n) is 3.20. The minimum Gasteiger partial charge on any atom is -0.464 e. The second kappa shape index (κ2) is 3.57. The van der Waals surface area contributed by atoms with Crippen molar-refractivity contribution in [1.82, 2.24) is 0 Å². The lowest BCUT2D eigenvalue weighted by Crippen LogP contribution is -1.93. The van der Waals surface area contributed by atoms with Gasteiger partial charge in [0.15, 0.2) is 0 Å². The van der Waals surface area contributed by atoms with Crippen LogP contribution in [-0.2, 0) is 0 Å². The molecule has 4 nitrogen and oxygen atoms in total. The molecule has 0 N–H and O–H groups in total. The zero-order valence-corrected chi connectivity index (χ0v) is 8.14. The van der Waals surface area contributed by atoms with Gasteiger partial charge in [0.05, 0.1) is 16.7 Å². The average Bonchev–Trinajstić information content (AvgIpc) is 2.70. The van der Waals surface area contributed by atoms with Crippen LogP contribution >= 0.6 is 0 Å². The van der Waals surface area contributed by atoms with Gasteiger partial charge in [0.2, 0.25) is 0 Å². The van der Waals surface area contributed by atoms with Gasteiger partial charge < -0.3 is 4.42 Å². The summed E-state index contributed by atoms with van der Waals surface area (Å²) >= 11 is 0. The Morgan fingerprint density at radius 2 is 2.07 bits per heavy atom. The van der Waals surface area contributed by atoms with E-state index in [-0.39, 0.29) is 5.69 Å². The standard InChI is InChI=1S/C11H9NO3/c1-8-4-2-5-9(12(13)14)11(8)10-6-3-7-15-10/h2-7H,1H3. The Bertz CT molecular complexity index is 489. The van der Waals surface area contributed by atoms with Gasteiger partial charge in [-0.25, -0.2) is 0 Å². The topological polar surface area (TPSA) is 56.3 Å². The maximum absolute atomic E-state index is 10.8. The SMILES string of the molecule is Cc1cccc([N+](=O)[O-])c1-c1ccco1. The number of benzene rings is 1. The zero-order chi connectivity index (χ0) is 10.8. The molecular weight excluding hydrogens is 194 g/mol. The van der Waals surface area contributed by atoms with Crippen molar-refractivity contribution in [1.29, 1.82) is 0 Å². The summed E-state index contributed by atoms with van der Waals surface area (Å²) in [5, 5.41) is 10.8. The van der Waals surface area contributed by atoms with Crippen molar-refractivity contribution >= 4 is 5.69 Å². The summed E-state index contributed by atoms with van der Waals surface area (Å²) in [5.74, 6) is 0.528. The van der Waals surface area contributed by atoms with Gasteiger partial charge in [0.25, 0.3) is 5.69 Å². The predicted octanol–water partition coefficient (Wildman–Crippen LogP) is 3.16. The monoisotopic (exact) mass is 203 g/mol. The lowest BCUT2D eigenvalue weighted by atomic mass is 10.0. The number of nitrogens with zero attached hydrogens (tertiary/aromatic N) is 1. The van der Waals surface area contributed by atoms with Gasteiger partial charge in [0.1, 0.15) is 5.76 Å². The predicted molar refractivity (Wildman–Crippen MR) is 55.5 cm³/mol. The molecule has 76 valence electrons. The fourth-order valence-electron chi connectivity index (χ4n) is 1.55. The molecule has 0 saturated carbocycles. The molecule has 0 unspecified atom stereocenters. The molecule has 0 atom stereocenters. The third-order valence-electron chi connectivity index (χ3n) is 2.22. The van der Waals surface area contributed by atoms with E-state index < -0.39 is 4.92 Å². The molecule has 15 heavy (non-hydrogen) atoms. The minimum absolute atomic E-state index is 0.0740. The molecule has 2 aromatic rings. The first-order chi connectivity index (χ1) is 7.20. The van der Waals surface area contributed by atoms with E-state index in [1.807, 2.05) is 13.0 Å². The number of nitro groups is 1. The molecule has 0 aliphatic rings. The van der Waals surface area contributed by atoms with Crippen molar-refractivity contribution in [2.45, 2.75) is 6.92 Å². The van der Waals surface area contributed by atoms with Gasteiger partial charge in [-0.3, -0.25) is 10.1 Å². The molecule has 1 aromatic carbocycles. The lowest BCUT2D eigenvalue weighted by molar-refractivity contribution is -0.384. The lowest BCUT2D eigenvalue weighted by Gasteiger charge is -2.02. The van der Waals surface area contributed by atoms with Crippen LogP contribution in [0.5, 0.6) is 0 Å². The van der Waals surface area contributed by atoms with Crippen LogP contribution in [0, 0.1) is 17.0 Å². The van der Waals surface area contributed by atoms with Crippen LogP contribution in [-0.4, -0.2) is 4.92 Å². The molecule has 0 radical (unpaired) electrons. The Morgan fingerprint density at radius 3 is 2.67 bits per heavy atom. The molecular formula is C11H9NO3. The first-order valence-electron chi connectivity index (χ1n) is 4.48. The first-order valence-corrected chi connectivity index (χ1v) is 4.48. The van der Waals surface area contributed by atoms with Crippen molar-refractivity contribution in [3.63, 3.8) is 0 Å². The van der Waals surface area contributed by atoms with Gasteiger partial charge >= 0.3 is 0 Å². The van der Waals surface area contributed by atoms with Crippen molar-refractivity contribution in [3.8, 4) is 11.3 Å². The Labute approximate surface area is 86.3 Å². The highest BCUT2D eigenvalue weighted by molar-refractivity contribution is 5.72. The van der Waals surface area contributed by atoms with Gasteiger partial charge in [0, 0.05) is 6.07 Å². The van der Waals surface area contributed by atoms with Crippen LogP contribution in [0.2, 0.25) is 0 Å². The van der Waals surface area contributed by atoms with E-state index >= 15 is 0 Å². The molecule has 0 amide bonds. The summed E-state index contributed by atoms with van der Waals surface area (Å²) in [6.45, 7) is 1.82. The largest absolute Gasteiger partial charge is 0.464 e. The summed E-state index contributed by atoms with van der Waals surface area (Å²) < 4.78 is 5.19. The number of rotatable bonds is 2. The number of hydrogen-bond donors (Lipinski definition) is 0. The van der Waals surface area contributed by atoms with Crippen LogP contribution in [0.1, 0.15) is 5.56 Å². The maximum Gasteiger partial charge on any atom is 0.280 e. The summed E-state index contributed by atoms with van der Waals surface area (Å²) in [6.07, 6.45) is 1.51. The molecule has 0 bridgehead atoms. The minimum atomic E-state index is -0.398. The van der Waals surface area contributed by atoms with Crippen LogP contribution in [0.3, 0.4) is 0 Å². The van der Waals surface area contributed by atoms with Gasteiger partial charge in [-0.1, -0.05) is 12.1 Å². The third-order valence-corrected chi connectivity index (χ3v) is 2.22. The van der Waals surface area contributed by atoms with E-state index in [1.165, 1.54) is 12.3 Å². The van der Waals surface area contributed by atoms with Gasteiger partial charge in [-0.2, -0.15) is 0 Å². The molecule has 0 spiro atoms. The van der Waals surface area contributed by atoms with E-state index in [4.69, 9.17) is 4.42 Å². The van der Waals surface area contributed by atoms with E-state index in [1.54, 1.807) is 18.2 Å². The number of hydrogen-bond acceptors (Lipinski definition) is 3. The molecule has 0 aliphatic carbocycles. The smallest absolute Gasteiger partial charge is 0.280 e. The Balaban J connectivity index is 2.68. The summed E-state index contributed by atoms with van der Waals surface area (Å²) in [6, 6.07) is 8.40. The van der Waals surface area contributed by atoms with Crippen molar-refractivity contribution in [2.24, 2.45) is 0 Å². The summed E-state index contributed by atoms with van der Waals surface area (Å²) in [7, 11) is 0. The fourth-order valence-corrected chi connectivity index (χ4v) is 1.55. The van der Waals surface area contributed by atoms with E-state index in [0.29, 0.717) is 11.3 Å². The quantitative estimate of drug-likeness (QED) is 0.556. The molecule has 0 aliphatic heterocycles. The maximum atomic E-state index is 10.8. The highest BCUT2D eigenvalue weighted by Crippen LogP contribution is 2.32. The Kier molecular flexibility index (Phi) is 2.25. The third kappa shape index (κ3) is 1.61. The normalized spacial score (nSPS) is 10.2. The molecule has 0 fully saturated rings. The Morgan fingerprint density at radius 1 is 1.27 bits per heavy atom. The second-order valence-corrected chi connectivity index (χ2v) is 3.20. The number of nitro benzene ring substituents is 1.